The van der Waals surface area contributed by atoms with E-state index in [0.717, 1.165) is 32.0 Å². The van der Waals surface area contributed by atoms with Gasteiger partial charge in [-0.15, -0.1) is 34.8 Å². The third kappa shape index (κ3) is 5.82. The number of alkyl halides is 3. The lowest BCUT2D eigenvalue weighted by atomic mass is 9.85. The van der Waals surface area contributed by atoms with Gasteiger partial charge in [0.25, 0.3) is 0 Å². The van der Waals surface area contributed by atoms with E-state index in [-0.39, 0.29) is 10.8 Å². The molecule has 140 valence electrons. The van der Waals surface area contributed by atoms with Crippen molar-refractivity contribution in [3.05, 3.63) is 0 Å². The Bertz CT molecular complexity index is 373. The van der Waals surface area contributed by atoms with Gasteiger partial charge in [0.2, 0.25) is 0 Å². The summed E-state index contributed by atoms with van der Waals surface area (Å²) < 4.78 is 0. The molecule has 1 heterocycles. The van der Waals surface area contributed by atoms with Crippen LogP contribution in [-0.4, -0.2) is 58.3 Å². The molecule has 2 saturated carbocycles. The maximum absolute atomic E-state index is 6.75. The van der Waals surface area contributed by atoms with Crippen molar-refractivity contribution in [2.45, 2.75) is 66.3 Å². The van der Waals surface area contributed by atoms with Crippen LogP contribution in [0.25, 0.3) is 0 Å². The smallest absolute Gasteiger partial charge is 0.0481 e. The van der Waals surface area contributed by atoms with Crippen LogP contribution in [-0.2, 0) is 0 Å². The minimum atomic E-state index is 0.243. The molecular weight excluding hydrogens is 383 g/mol. The fourth-order valence-electron chi connectivity index (χ4n) is 4.33. The second-order valence-electron chi connectivity index (χ2n) is 7.82. The van der Waals surface area contributed by atoms with Crippen LogP contribution in [0.2, 0.25) is 0 Å². The predicted octanol–water partition coefficient (Wildman–Crippen LogP) is 4.76. The fraction of sp³-hybridized carbons (Fsp3) is 1.00. The van der Waals surface area contributed by atoms with Crippen molar-refractivity contribution in [1.29, 1.82) is 0 Å². The summed E-state index contributed by atoms with van der Waals surface area (Å²) in [5.74, 6) is 2.74. The van der Waals surface area contributed by atoms with Crippen LogP contribution in [0, 0.1) is 11.8 Å². The molecule has 6 heteroatoms. The molecule has 2 nitrogen and oxygen atoms in total. The highest BCUT2D eigenvalue weighted by Gasteiger charge is 2.35. The number of hydrogen-bond donors (Lipinski definition) is 1. The highest BCUT2D eigenvalue weighted by molar-refractivity contribution is 7.99. The summed E-state index contributed by atoms with van der Waals surface area (Å²) >= 11 is 21.5. The topological polar surface area (TPSA) is 15.3 Å². The molecule has 3 rings (SSSR count). The predicted molar refractivity (Wildman–Crippen MR) is 109 cm³/mol. The molecule has 1 saturated heterocycles. The molecule has 0 aromatic rings. The molecule has 3 fully saturated rings. The Labute approximate surface area is 166 Å². The van der Waals surface area contributed by atoms with Gasteiger partial charge in [0.1, 0.15) is 0 Å². The first-order chi connectivity index (χ1) is 11.6. The van der Waals surface area contributed by atoms with Crippen LogP contribution in [0.4, 0.5) is 0 Å². The van der Waals surface area contributed by atoms with E-state index in [1.54, 1.807) is 0 Å². The van der Waals surface area contributed by atoms with Gasteiger partial charge in [0.05, 0.1) is 0 Å². The van der Waals surface area contributed by atoms with Crippen LogP contribution in [0.5, 0.6) is 0 Å². The van der Waals surface area contributed by atoms with Crippen LogP contribution >= 0.6 is 46.6 Å². The number of nitrogens with zero attached hydrogens (tertiary/aromatic N) is 1. The van der Waals surface area contributed by atoms with Crippen LogP contribution in [0.1, 0.15) is 44.9 Å². The maximum Gasteiger partial charge on any atom is 0.0481 e. The van der Waals surface area contributed by atoms with Gasteiger partial charge in [-0.2, -0.15) is 11.8 Å². The Balaban J connectivity index is 1.54. The van der Waals surface area contributed by atoms with Gasteiger partial charge in [0, 0.05) is 47.7 Å². The van der Waals surface area contributed by atoms with Gasteiger partial charge >= 0.3 is 0 Å². The van der Waals surface area contributed by atoms with Crippen molar-refractivity contribution >= 4 is 46.6 Å². The Morgan fingerprint density at radius 1 is 1.00 bits per heavy atom. The summed E-state index contributed by atoms with van der Waals surface area (Å²) in [4.78, 5) is 2.56. The largest absolute Gasteiger partial charge is 0.303 e. The lowest BCUT2D eigenvalue weighted by molar-refractivity contribution is 0.276. The van der Waals surface area contributed by atoms with Gasteiger partial charge in [0.15, 0.2) is 0 Å². The minimum Gasteiger partial charge on any atom is -0.303 e. The van der Waals surface area contributed by atoms with Gasteiger partial charge in [-0.05, 0) is 62.5 Å². The Hall–Kier alpha value is 1.14. The third-order valence-corrected chi connectivity index (χ3v) is 8.86. The summed E-state index contributed by atoms with van der Waals surface area (Å²) in [6.07, 6.45) is 8.29. The van der Waals surface area contributed by atoms with Crippen molar-refractivity contribution in [1.82, 2.24) is 10.2 Å². The number of halogens is 3. The Morgan fingerprint density at radius 3 is 2.42 bits per heavy atom. The van der Waals surface area contributed by atoms with Crippen molar-refractivity contribution in [2.75, 3.05) is 32.1 Å². The van der Waals surface area contributed by atoms with E-state index in [1.165, 1.54) is 50.9 Å². The molecule has 0 aromatic heterocycles. The van der Waals surface area contributed by atoms with E-state index in [2.05, 4.69) is 22.0 Å². The first kappa shape index (κ1) is 19.9. The molecular formula is C18H31Cl3N2S. The molecule has 1 aliphatic heterocycles. The first-order valence-electron chi connectivity index (χ1n) is 9.58. The molecule has 1 N–H and O–H groups in total. The summed E-state index contributed by atoms with van der Waals surface area (Å²) in [6, 6.07) is 0. The number of nitrogens with one attached hydrogen (secondary N) is 1. The number of thioether (sulfide) groups is 1. The van der Waals surface area contributed by atoms with E-state index >= 15 is 0 Å². The molecule has 24 heavy (non-hydrogen) atoms. The average molecular weight is 414 g/mol. The molecule has 0 bridgehead atoms. The molecule has 0 aromatic carbocycles. The molecule has 0 radical (unpaired) electrons. The van der Waals surface area contributed by atoms with Gasteiger partial charge in [-0.1, -0.05) is 0 Å². The fourth-order valence-corrected chi connectivity index (χ4v) is 7.34. The van der Waals surface area contributed by atoms with Crippen LogP contribution < -0.4 is 5.32 Å². The Kier molecular flexibility index (Phi) is 8.20. The van der Waals surface area contributed by atoms with Gasteiger partial charge in [-0.3, -0.25) is 4.90 Å². The zero-order valence-electron chi connectivity index (χ0n) is 14.4. The number of hydrogen-bond acceptors (Lipinski definition) is 3. The molecule has 0 amide bonds. The molecule has 4 atom stereocenters. The Morgan fingerprint density at radius 2 is 1.75 bits per heavy atom. The summed E-state index contributed by atoms with van der Waals surface area (Å²) in [5, 5.41) is 5.04. The normalized spacial score (nSPS) is 39.9. The summed E-state index contributed by atoms with van der Waals surface area (Å²) in [7, 11) is 0. The lowest BCUT2D eigenvalue weighted by Crippen LogP contribution is -2.40. The zero-order chi connectivity index (χ0) is 16.9. The van der Waals surface area contributed by atoms with Gasteiger partial charge < -0.3 is 5.32 Å². The van der Waals surface area contributed by atoms with E-state index in [1.807, 2.05) is 0 Å². The van der Waals surface area contributed by atoms with E-state index in [0.29, 0.717) is 16.5 Å². The van der Waals surface area contributed by atoms with Crippen LogP contribution in [0.3, 0.4) is 0 Å². The summed E-state index contributed by atoms with van der Waals surface area (Å²) in [6.45, 7) is 4.50. The number of rotatable bonds is 6. The van der Waals surface area contributed by atoms with Crippen molar-refractivity contribution < 1.29 is 0 Å². The quantitative estimate of drug-likeness (QED) is 0.632. The lowest BCUT2D eigenvalue weighted by Gasteiger charge is -2.38. The standard InChI is InChI=1S/C18H31Cl3N2S/c19-14-3-1-13(2-4-14)11-24-18(10-23-8-7-22-12-23)16-6-5-15(20)9-17(16)21/h13-18,22H,1-12H2/t13?,14?,15?,16?,17?,18-/m1/s1. The highest BCUT2D eigenvalue weighted by Crippen LogP contribution is 2.40. The zero-order valence-corrected chi connectivity index (χ0v) is 17.5. The molecule has 0 spiro atoms. The van der Waals surface area contributed by atoms with Gasteiger partial charge in [-0.25, -0.2) is 0 Å². The van der Waals surface area contributed by atoms with Crippen LogP contribution in [0.15, 0.2) is 0 Å². The molecule has 3 unspecified atom stereocenters. The third-order valence-electron chi connectivity index (χ3n) is 5.94. The minimum absolute atomic E-state index is 0.243. The average Bonchev–Trinajstić information content (AvgIpc) is 3.06. The second-order valence-corrected chi connectivity index (χ2v) is 10.9. The van der Waals surface area contributed by atoms with Crippen molar-refractivity contribution in [3.63, 3.8) is 0 Å². The highest BCUT2D eigenvalue weighted by atomic mass is 35.5. The molecule has 2 aliphatic carbocycles. The SMILES string of the molecule is ClC1CCC(CS[C@H](CN2CCNC2)C2CCC(Cl)CC2Cl)CC1. The van der Waals surface area contributed by atoms with Crippen molar-refractivity contribution in [2.24, 2.45) is 11.8 Å². The summed E-state index contributed by atoms with van der Waals surface area (Å²) in [5.41, 5.74) is 0. The monoisotopic (exact) mass is 412 g/mol. The van der Waals surface area contributed by atoms with E-state index < -0.39 is 0 Å². The maximum atomic E-state index is 6.75. The molecule has 3 aliphatic rings. The van der Waals surface area contributed by atoms with E-state index in [9.17, 15) is 0 Å². The van der Waals surface area contributed by atoms with Crippen molar-refractivity contribution in [3.8, 4) is 0 Å². The van der Waals surface area contributed by atoms with E-state index in [4.69, 9.17) is 34.8 Å². The first-order valence-corrected chi connectivity index (χ1v) is 11.9. The second kappa shape index (κ2) is 9.90.